The van der Waals surface area contributed by atoms with Crippen LogP contribution in [0.4, 0.5) is 0 Å². The molecule has 0 unspecified atom stereocenters. The SMILES string of the molecule is CCCCc1ccc(OC(=O)c2ccc(C3CCC(CCCC)CC3)cc2)c(C#N)c1. The highest BCUT2D eigenvalue weighted by Gasteiger charge is 2.22. The number of aryl methyl sites for hydroxylation is 1. The van der Waals surface area contributed by atoms with Crippen LogP contribution >= 0.6 is 0 Å². The van der Waals surface area contributed by atoms with E-state index in [1.807, 2.05) is 24.3 Å². The summed E-state index contributed by atoms with van der Waals surface area (Å²) in [6, 6.07) is 15.6. The second kappa shape index (κ2) is 11.7. The summed E-state index contributed by atoms with van der Waals surface area (Å²) >= 11 is 0. The lowest BCUT2D eigenvalue weighted by Crippen LogP contribution is -2.14. The number of esters is 1. The smallest absolute Gasteiger partial charge is 0.343 e. The Morgan fingerprint density at radius 3 is 2.35 bits per heavy atom. The third-order valence-corrected chi connectivity index (χ3v) is 6.62. The van der Waals surface area contributed by atoms with Gasteiger partial charge in [-0.3, -0.25) is 0 Å². The number of benzene rings is 2. The zero-order valence-corrected chi connectivity index (χ0v) is 19.0. The monoisotopic (exact) mass is 417 g/mol. The maximum Gasteiger partial charge on any atom is 0.343 e. The van der Waals surface area contributed by atoms with Crippen molar-refractivity contribution in [3.8, 4) is 11.8 Å². The van der Waals surface area contributed by atoms with E-state index in [-0.39, 0.29) is 0 Å². The van der Waals surface area contributed by atoms with Gasteiger partial charge >= 0.3 is 5.97 Å². The number of rotatable bonds is 9. The van der Waals surface area contributed by atoms with Crippen molar-refractivity contribution in [3.63, 3.8) is 0 Å². The molecule has 3 heteroatoms. The highest BCUT2D eigenvalue weighted by atomic mass is 16.5. The molecule has 0 saturated heterocycles. The number of hydrogen-bond acceptors (Lipinski definition) is 3. The summed E-state index contributed by atoms with van der Waals surface area (Å²) in [6.07, 6.45) is 12.3. The molecule has 31 heavy (non-hydrogen) atoms. The Morgan fingerprint density at radius 1 is 1.00 bits per heavy atom. The van der Waals surface area contributed by atoms with Gasteiger partial charge in [-0.15, -0.1) is 0 Å². The Kier molecular flexibility index (Phi) is 8.71. The van der Waals surface area contributed by atoms with Crippen LogP contribution in [-0.4, -0.2) is 5.97 Å². The molecule has 0 atom stereocenters. The van der Waals surface area contributed by atoms with Crippen LogP contribution in [0.5, 0.6) is 5.75 Å². The number of carbonyl (C=O) groups is 1. The molecule has 0 N–H and O–H groups in total. The molecule has 0 heterocycles. The molecule has 1 aliphatic rings. The Morgan fingerprint density at radius 2 is 1.71 bits per heavy atom. The minimum absolute atomic E-state index is 0.335. The van der Waals surface area contributed by atoms with Crippen molar-refractivity contribution in [2.24, 2.45) is 5.92 Å². The summed E-state index contributed by atoms with van der Waals surface area (Å²) in [5, 5.41) is 9.46. The Bertz CT molecular complexity index is 886. The van der Waals surface area contributed by atoms with E-state index >= 15 is 0 Å². The average molecular weight is 418 g/mol. The number of carbonyl (C=O) groups excluding carboxylic acids is 1. The van der Waals surface area contributed by atoms with Crippen molar-refractivity contribution in [2.45, 2.75) is 84.0 Å². The molecule has 0 amide bonds. The van der Waals surface area contributed by atoms with E-state index in [1.54, 1.807) is 6.07 Å². The van der Waals surface area contributed by atoms with E-state index in [9.17, 15) is 10.1 Å². The minimum Gasteiger partial charge on any atom is -0.422 e. The van der Waals surface area contributed by atoms with Crippen LogP contribution in [0, 0.1) is 17.2 Å². The van der Waals surface area contributed by atoms with Gasteiger partial charge in [-0.05, 0) is 85.8 Å². The molecule has 164 valence electrons. The fourth-order valence-electron chi connectivity index (χ4n) is 4.62. The molecular formula is C28H35NO2. The van der Waals surface area contributed by atoms with Crippen molar-refractivity contribution in [1.82, 2.24) is 0 Å². The standard InChI is InChI=1S/C28H35NO2/c1-3-5-7-21-9-12-23(13-10-21)24-14-16-25(17-15-24)28(30)31-27-18-11-22(8-6-4-2)19-26(27)20-29/h11,14-19,21,23H,3-10,12-13H2,1-2H3. The highest BCUT2D eigenvalue weighted by Crippen LogP contribution is 2.37. The Balaban J connectivity index is 1.59. The first-order valence-electron chi connectivity index (χ1n) is 12.0. The summed E-state index contributed by atoms with van der Waals surface area (Å²) in [7, 11) is 0. The average Bonchev–Trinajstić information content (AvgIpc) is 2.82. The summed E-state index contributed by atoms with van der Waals surface area (Å²) < 4.78 is 5.56. The summed E-state index contributed by atoms with van der Waals surface area (Å²) in [5.41, 5.74) is 3.37. The third kappa shape index (κ3) is 6.44. The van der Waals surface area contributed by atoms with E-state index in [4.69, 9.17) is 4.74 Å². The van der Waals surface area contributed by atoms with Gasteiger partial charge in [0.2, 0.25) is 0 Å². The van der Waals surface area contributed by atoms with Crippen molar-refractivity contribution < 1.29 is 9.53 Å². The lowest BCUT2D eigenvalue weighted by molar-refractivity contribution is 0.0734. The van der Waals surface area contributed by atoms with Crippen molar-refractivity contribution in [2.75, 3.05) is 0 Å². The first-order valence-corrected chi connectivity index (χ1v) is 12.0. The summed E-state index contributed by atoms with van der Waals surface area (Å²) in [5.74, 6) is 1.42. The van der Waals surface area contributed by atoms with E-state index in [0.717, 1.165) is 30.7 Å². The number of nitriles is 1. The molecule has 0 bridgehead atoms. The maximum atomic E-state index is 12.6. The summed E-state index contributed by atoms with van der Waals surface area (Å²) in [6.45, 7) is 4.41. The molecule has 3 rings (SSSR count). The van der Waals surface area contributed by atoms with Gasteiger partial charge in [-0.25, -0.2) is 4.79 Å². The van der Waals surface area contributed by atoms with Gasteiger partial charge in [0.1, 0.15) is 11.8 Å². The van der Waals surface area contributed by atoms with Gasteiger partial charge in [0.25, 0.3) is 0 Å². The van der Waals surface area contributed by atoms with Gasteiger partial charge in [0.15, 0.2) is 0 Å². The van der Waals surface area contributed by atoms with E-state index in [0.29, 0.717) is 22.8 Å². The van der Waals surface area contributed by atoms with Crippen LogP contribution in [0.15, 0.2) is 42.5 Å². The molecule has 0 radical (unpaired) electrons. The lowest BCUT2D eigenvalue weighted by atomic mass is 9.77. The van der Waals surface area contributed by atoms with Gasteiger partial charge < -0.3 is 4.74 Å². The molecule has 3 nitrogen and oxygen atoms in total. The predicted octanol–water partition coefficient (Wildman–Crippen LogP) is 7.58. The highest BCUT2D eigenvalue weighted by molar-refractivity contribution is 5.91. The van der Waals surface area contributed by atoms with Crippen LogP contribution in [0.2, 0.25) is 0 Å². The zero-order chi connectivity index (χ0) is 22.1. The van der Waals surface area contributed by atoms with Crippen molar-refractivity contribution in [1.29, 1.82) is 5.26 Å². The van der Waals surface area contributed by atoms with Crippen LogP contribution < -0.4 is 4.74 Å². The first-order chi connectivity index (χ1) is 15.1. The molecule has 1 aliphatic carbocycles. The number of ether oxygens (including phenoxy) is 1. The fraction of sp³-hybridized carbons (Fsp3) is 0.500. The van der Waals surface area contributed by atoms with E-state index in [2.05, 4.69) is 32.0 Å². The largest absolute Gasteiger partial charge is 0.422 e. The van der Waals surface area contributed by atoms with Crippen molar-refractivity contribution >= 4 is 5.97 Å². The quantitative estimate of drug-likeness (QED) is 0.312. The molecule has 1 fully saturated rings. The normalized spacial score (nSPS) is 18.4. The van der Waals surface area contributed by atoms with E-state index in [1.165, 1.54) is 50.5 Å². The Labute approximate surface area is 187 Å². The predicted molar refractivity (Wildman–Crippen MR) is 125 cm³/mol. The zero-order valence-electron chi connectivity index (χ0n) is 19.0. The van der Waals surface area contributed by atoms with E-state index < -0.39 is 5.97 Å². The molecule has 1 saturated carbocycles. The second-order valence-corrected chi connectivity index (χ2v) is 8.92. The third-order valence-electron chi connectivity index (χ3n) is 6.62. The maximum absolute atomic E-state index is 12.6. The molecule has 0 spiro atoms. The van der Waals surface area contributed by atoms with Crippen LogP contribution in [0.25, 0.3) is 0 Å². The minimum atomic E-state index is -0.410. The van der Waals surface area contributed by atoms with Gasteiger partial charge in [0, 0.05) is 0 Å². The molecular weight excluding hydrogens is 382 g/mol. The molecule has 0 aromatic heterocycles. The van der Waals surface area contributed by atoms with Crippen LogP contribution in [0.1, 0.15) is 105 Å². The molecule has 2 aromatic rings. The number of nitrogens with zero attached hydrogens (tertiary/aromatic N) is 1. The second-order valence-electron chi connectivity index (χ2n) is 8.92. The Hall–Kier alpha value is -2.60. The summed E-state index contributed by atoms with van der Waals surface area (Å²) in [4.78, 5) is 12.6. The molecule has 0 aliphatic heterocycles. The van der Waals surface area contributed by atoms with Gasteiger partial charge in [0.05, 0.1) is 11.1 Å². The molecule has 2 aromatic carbocycles. The fourth-order valence-corrected chi connectivity index (χ4v) is 4.62. The van der Waals surface area contributed by atoms with Gasteiger partial charge in [-0.1, -0.05) is 57.7 Å². The van der Waals surface area contributed by atoms with Crippen LogP contribution in [-0.2, 0) is 6.42 Å². The van der Waals surface area contributed by atoms with Gasteiger partial charge in [-0.2, -0.15) is 5.26 Å². The van der Waals surface area contributed by atoms with Crippen LogP contribution in [0.3, 0.4) is 0 Å². The number of hydrogen-bond donors (Lipinski definition) is 0. The topological polar surface area (TPSA) is 50.1 Å². The lowest BCUT2D eigenvalue weighted by Gasteiger charge is -2.28. The first kappa shape index (κ1) is 23.1. The number of unbranched alkanes of at least 4 members (excludes halogenated alkanes) is 2. The van der Waals surface area contributed by atoms with Crippen molar-refractivity contribution in [3.05, 3.63) is 64.7 Å².